The predicted molar refractivity (Wildman–Crippen MR) is 132 cm³/mol. The van der Waals surface area contributed by atoms with E-state index in [2.05, 4.69) is 27.5 Å². The van der Waals surface area contributed by atoms with Crippen molar-refractivity contribution in [3.63, 3.8) is 0 Å². The minimum absolute atomic E-state index is 0.132. The van der Waals surface area contributed by atoms with Crippen LogP contribution in [0.5, 0.6) is 0 Å². The maximum Gasteiger partial charge on any atom is 0.431 e. The molecule has 0 unspecified atom stereocenters. The van der Waals surface area contributed by atoms with Crippen LogP contribution in [-0.4, -0.2) is 54.2 Å². The molecule has 4 aromatic rings. The van der Waals surface area contributed by atoms with E-state index in [9.17, 15) is 13.2 Å². The number of unbranched alkanes of at least 4 members (excludes halogenated alkanes) is 1. The second-order valence-electron chi connectivity index (χ2n) is 8.88. The van der Waals surface area contributed by atoms with Crippen LogP contribution in [0.2, 0.25) is 0 Å². The van der Waals surface area contributed by atoms with Crippen LogP contribution in [0, 0.1) is 0 Å². The van der Waals surface area contributed by atoms with Gasteiger partial charge in [-0.25, -0.2) is 14.8 Å². The molecule has 0 aliphatic rings. The molecule has 3 aromatic heterocycles. The van der Waals surface area contributed by atoms with Crippen molar-refractivity contribution in [3.05, 3.63) is 59.3 Å². The number of hydrogen-bond donors (Lipinski definition) is 1. The molecule has 0 aliphatic carbocycles. The van der Waals surface area contributed by atoms with Crippen LogP contribution >= 0.6 is 0 Å². The third-order valence-corrected chi connectivity index (χ3v) is 6.37. The first kappa shape index (κ1) is 27.5. The first-order valence-electron chi connectivity index (χ1n) is 12.4. The molecule has 0 saturated heterocycles. The first-order valence-corrected chi connectivity index (χ1v) is 12.4. The van der Waals surface area contributed by atoms with E-state index in [-0.39, 0.29) is 11.5 Å². The second-order valence-corrected chi connectivity index (χ2v) is 8.88. The van der Waals surface area contributed by atoms with Gasteiger partial charge in [-0.15, -0.1) is 10.2 Å². The molecule has 204 valence electrons. The van der Waals surface area contributed by atoms with Crippen molar-refractivity contribution in [2.24, 2.45) is 0 Å². The van der Waals surface area contributed by atoms with Gasteiger partial charge in [-0.05, 0) is 46.7 Å². The van der Waals surface area contributed by atoms with Gasteiger partial charge in [0.25, 0.3) is 0 Å². The summed E-state index contributed by atoms with van der Waals surface area (Å²) in [6, 6.07) is 9.16. The van der Waals surface area contributed by atoms with Crippen molar-refractivity contribution in [2.75, 3.05) is 14.2 Å². The Morgan fingerprint density at radius 1 is 0.974 bits per heavy atom. The summed E-state index contributed by atoms with van der Waals surface area (Å²) in [5.41, 5.74) is 0.543. The highest BCUT2D eigenvalue weighted by molar-refractivity contribution is 5.57. The monoisotopic (exact) mass is 532 g/mol. The zero-order valence-electron chi connectivity index (χ0n) is 21.8. The van der Waals surface area contributed by atoms with Crippen molar-refractivity contribution in [1.29, 1.82) is 0 Å². The van der Waals surface area contributed by atoms with E-state index in [4.69, 9.17) is 19.6 Å². The molecule has 0 saturated carbocycles. The van der Waals surface area contributed by atoms with E-state index >= 15 is 0 Å². The predicted octanol–water partition coefficient (Wildman–Crippen LogP) is 4.90. The highest BCUT2D eigenvalue weighted by atomic mass is 19.4. The summed E-state index contributed by atoms with van der Waals surface area (Å²) in [7, 11) is 3.15. The summed E-state index contributed by atoms with van der Waals surface area (Å²) in [6.07, 6.45) is -0.508. The van der Waals surface area contributed by atoms with E-state index in [0.717, 1.165) is 47.7 Å². The van der Waals surface area contributed by atoms with Gasteiger partial charge in [0.2, 0.25) is 11.6 Å². The van der Waals surface area contributed by atoms with Gasteiger partial charge in [-0.1, -0.05) is 38.8 Å². The van der Waals surface area contributed by atoms with E-state index in [1.807, 2.05) is 11.6 Å². The van der Waals surface area contributed by atoms with Crippen molar-refractivity contribution in [3.8, 4) is 17.2 Å². The smallest absolute Gasteiger partial charge is 0.347 e. The average molecular weight is 533 g/mol. The molecule has 10 nitrogen and oxygen atoms in total. The number of ether oxygens (including phenoxy) is 2. The normalized spacial score (nSPS) is 12.4. The number of nitrogens with one attached hydrogen (secondary N) is 1. The Bertz CT molecular complexity index is 1310. The van der Waals surface area contributed by atoms with Crippen LogP contribution in [0.3, 0.4) is 0 Å². The highest BCUT2D eigenvalue weighted by Gasteiger charge is 2.37. The number of alkyl halides is 3. The minimum atomic E-state index is -4.57. The van der Waals surface area contributed by atoms with Crippen molar-refractivity contribution < 1.29 is 22.6 Å². The number of aryl methyl sites for hydroxylation is 1. The third-order valence-electron chi connectivity index (χ3n) is 6.37. The zero-order valence-corrected chi connectivity index (χ0v) is 21.8. The Morgan fingerprint density at radius 2 is 1.71 bits per heavy atom. The van der Waals surface area contributed by atoms with Crippen LogP contribution in [0.15, 0.2) is 36.4 Å². The Kier molecular flexibility index (Phi) is 8.26. The molecule has 0 amide bonds. The number of rotatable bonds is 12. The SMILES string of the molecule is CCCCc1nc(C(CCC)(OC)OC)nn1Cc1ccc(-n2c(-c3nnn[nH]3)ccc2C(F)(F)F)cc1. The Labute approximate surface area is 218 Å². The van der Waals surface area contributed by atoms with Gasteiger partial charge in [0.15, 0.2) is 5.82 Å². The summed E-state index contributed by atoms with van der Waals surface area (Å²) >= 11 is 0. The van der Waals surface area contributed by atoms with Crippen LogP contribution in [0.4, 0.5) is 13.2 Å². The van der Waals surface area contributed by atoms with Crippen LogP contribution in [0.1, 0.15) is 62.4 Å². The second kappa shape index (κ2) is 11.4. The number of benzene rings is 1. The summed E-state index contributed by atoms with van der Waals surface area (Å²) < 4.78 is 55.7. The fourth-order valence-electron chi connectivity index (χ4n) is 4.41. The van der Waals surface area contributed by atoms with E-state index < -0.39 is 17.7 Å². The van der Waals surface area contributed by atoms with Gasteiger partial charge in [0.05, 0.1) is 12.2 Å². The average Bonchev–Trinajstić information content (AvgIpc) is 3.66. The summed E-state index contributed by atoms with van der Waals surface area (Å²) in [5, 5.41) is 18.0. The largest absolute Gasteiger partial charge is 0.431 e. The van der Waals surface area contributed by atoms with Gasteiger partial charge in [0.1, 0.15) is 11.5 Å². The molecule has 0 aliphatic heterocycles. The maximum absolute atomic E-state index is 13.8. The number of hydrogen-bond acceptors (Lipinski definition) is 7. The Balaban J connectivity index is 1.68. The number of aromatic nitrogens is 8. The fraction of sp³-hybridized carbons (Fsp3) is 0.480. The molecule has 38 heavy (non-hydrogen) atoms. The van der Waals surface area contributed by atoms with Crippen molar-refractivity contribution >= 4 is 0 Å². The van der Waals surface area contributed by atoms with E-state index in [1.54, 1.807) is 38.5 Å². The number of tetrazole rings is 1. The molecular weight excluding hydrogens is 501 g/mol. The highest BCUT2D eigenvalue weighted by Crippen LogP contribution is 2.35. The molecule has 0 atom stereocenters. The lowest BCUT2D eigenvalue weighted by Crippen LogP contribution is -2.32. The fourth-order valence-corrected chi connectivity index (χ4v) is 4.41. The molecule has 3 heterocycles. The third kappa shape index (κ3) is 5.48. The quantitative estimate of drug-likeness (QED) is 0.259. The molecule has 13 heteroatoms. The number of H-pyrrole nitrogens is 1. The molecule has 1 aromatic carbocycles. The number of methoxy groups -OCH3 is 2. The molecular formula is C25H31F3N8O2. The topological polar surface area (TPSA) is 109 Å². The van der Waals surface area contributed by atoms with E-state index in [1.165, 1.54) is 6.07 Å². The maximum atomic E-state index is 13.8. The number of halogens is 3. The van der Waals surface area contributed by atoms with Crippen molar-refractivity contribution in [2.45, 2.75) is 64.5 Å². The lowest BCUT2D eigenvalue weighted by Gasteiger charge is -2.27. The van der Waals surface area contributed by atoms with Gasteiger partial charge < -0.3 is 14.0 Å². The zero-order chi connectivity index (χ0) is 27.3. The number of aromatic amines is 1. The minimum Gasteiger partial charge on any atom is -0.347 e. The number of nitrogens with zero attached hydrogens (tertiary/aromatic N) is 7. The van der Waals surface area contributed by atoms with Gasteiger partial charge in [0, 0.05) is 32.7 Å². The Hall–Kier alpha value is -3.58. The van der Waals surface area contributed by atoms with Crippen LogP contribution in [-0.2, 0) is 34.4 Å². The van der Waals surface area contributed by atoms with Gasteiger partial charge in [-0.3, -0.25) is 0 Å². The lowest BCUT2D eigenvalue weighted by molar-refractivity contribution is -0.225. The van der Waals surface area contributed by atoms with Gasteiger partial charge >= 0.3 is 6.18 Å². The summed E-state index contributed by atoms with van der Waals surface area (Å²) in [6.45, 7) is 4.52. The molecule has 1 N–H and O–H groups in total. The standard InChI is InChI=1S/C25H31F3N8O2/c1-5-7-8-21-29-23(24(37-3,38-4)15-6-2)32-35(21)16-17-9-11-18(12-10-17)36-19(22-30-33-34-31-22)13-14-20(36)25(26,27)28/h9-14H,5-8,15-16H2,1-4H3,(H,30,31,33,34). The molecule has 0 radical (unpaired) electrons. The van der Waals surface area contributed by atoms with Crippen LogP contribution < -0.4 is 0 Å². The van der Waals surface area contributed by atoms with E-state index in [0.29, 0.717) is 24.5 Å². The molecule has 0 spiro atoms. The summed E-state index contributed by atoms with van der Waals surface area (Å²) in [4.78, 5) is 4.76. The summed E-state index contributed by atoms with van der Waals surface area (Å²) in [5.74, 6) is 0.344. The lowest BCUT2D eigenvalue weighted by atomic mass is 10.1. The van der Waals surface area contributed by atoms with Crippen LogP contribution in [0.25, 0.3) is 17.2 Å². The van der Waals surface area contributed by atoms with Crippen molar-refractivity contribution in [1.82, 2.24) is 40.0 Å². The molecule has 0 bridgehead atoms. The molecule has 4 rings (SSSR count). The first-order chi connectivity index (χ1) is 18.3. The van der Waals surface area contributed by atoms with Gasteiger partial charge in [-0.2, -0.15) is 13.2 Å². The Morgan fingerprint density at radius 3 is 2.29 bits per heavy atom. The molecule has 0 fully saturated rings.